The smallest absolute Gasteiger partial charge is 0.341 e. The number of thiophene rings is 1. The zero-order chi connectivity index (χ0) is 22.5. The van der Waals surface area contributed by atoms with Gasteiger partial charge >= 0.3 is 11.9 Å². The van der Waals surface area contributed by atoms with Gasteiger partial charge < -0.3 is 14.8 Å². The monoisotopic (exact) mass is 474 g/mol. The molecule has 0 aliphatic carbocycles. The first kappa shape index (κ1) is 23.8. The number of halogens is 1. The van der Waals surface area contributed by atoms with Crippen LogP contribution in [0.4, 0.5) is 5.00 Å². The highest BCUT2D eigenvalue weighted by Crippen LogP contribution is 2.29. The number of carbonyl (C=O) groups is 3. The molecule has 0 bridgehead atoms. The van der Waals surface area contributed by atoms with Crippen LogP contribution in [0.1, 0.15) is 39.4 Å². The van der Waals surface area contributed by atoms with Crippen molar-refractivity contribution in [1.29, 1.82) is 0 Å². The van der Waals surface area contributed by atoms with Crippen LogP contribution < -0.4 is 10.5 Å². The summed E-state index contributed by atoms with van der Waals surface area (Å²) in [6.07, 6.45) is 0.654. The van der Waals surface area contributed by atoms with Gasteiger partial charge in [0.15, 0.2) is 6.61 Å². The van der Waals surface area contributed by atoms with E-state index in [0.717, 1.165) is 17.0 Å². The van der Waals surface area contributed by atoms with E-state index in [4.69, 9.17) is 26.2 Å². The summed E-state index contributed by atoms with van der Waals surface area (Å²) in [7, 11) is -4.05. The van der Waals surface area contributed by atoms with Gasteiger partial charge in [0.25, 0.3) is 5.91 Å². The molecule has 1 heterocycles. The minimum atomic E-state index is -4.05. The predicted molar refractivity (Wildman–Crippen MR) is 111 cm³/mol. The molecule has 0 saturated carbocycles. The van der Waals surface area contributed by atoms with Crippen LogP contribution in [0.2, 0.25) is 5.02 Å². The average molecular weight is 475 g/mol. The fourth-order valence-electron chi connectivity index (χ4n) is 2.28. The van der Waals surface area contributed by atoms with Crippen molar-refractivity contribution in [3.05, 3.63) is 45.3 Å². The molecule has 0 radical (unpaired) electrons. The fourth-order valence-corrected chi connectivity index (χ4v) is 4.01. The molecule has 2 aromatic rings. The molecular weight excluding hydrogens is 456 g/mol. The number of aryl methyl sites for hydroxylation is 1. The molecule has 0 aliphatic rings. The van der Waals surface area contributed by atoms with E-state index < -0.39 is 34.5 Å². The van der Waals surface area contributed by atoms with Crippen LogP contribution in [0.15, 0.2) is 29.2 Å². The molecule has 0 saturated heterocycles. The minimum Gasteiger partial charge on any atom is -0.462 e. The number of nitrogens with two attached hydrogens (primary N) is 1. The molecule has 30 heavy (non-hydrogen) atoms. The first-order valence-corrected chi connectivity index (χ1v) is 11.4. The van der Waals surface area contributed by atoms with Gasteiger partial charge in [-0.1, -0.05) is 18.5 Å². The van der Waals surface area contributed by atoms with Gasteiger partial charge in [0.1, 0.15) is 5.00 Å². The minimum absolute atomic E-state index is 0.0664. The van der Waals surface area contributed by atoms with E-state index in [-0.39, 0.29) is 32.7 Å². The maximum atomic E-state index is 12.2. The average Bonchev–Trinajstić information content (AvgIpc) is 3.08. The summed E-state index contributed by atoms with van der Waals surface area (Å²) in [5.41, 5.74) is -0.0464. The Bertz CT molecular complexity index is 1080. The van der Waals surface area contributed by atoms with Gasteiger partial charge in [-0.3, -0.25) is 4.79 Å². The molecule has 9 nitrogen and oxygen atoms in total. The lowest BCUT2D eigenvalue weighted by molar-refractivity contribution is -0.119. The summed E-state index contributed by atoms with van der Waals surface area (Å²) in [6, 6.07) is 4.91. The molecule has 3 N–H and O–H groups in total. The molecule has 0 spiro atoms. The van der Waals surface area contributed by atoms with Crippen molar-refractivity contribution >= 4 is 55.8 Å². The molecule has 0 fully saturated rings. The second-order valence-electron chi connectivity index (χ2n) is 5.84. The van der Waals surface area contributed by atoms with E-state index in [1.54, 1.807) is 13.0 Å². The van der Waals surface area contributed by atoms with Gasteiger partial charge in [-0.05, 0) is 37.6 Å². The van der Waals surface area contributed by atoms with Gasteiger partial charge in [0.05, 0.1) is 27.7 Å². The number of esters is 2. The van der Waals surface area contributed by atoms with Gasteiger partial charge in [0, 0.05) is 4.88 Å². The van der Waals surface area contributed by atoms with Gasteiger partial charge in [0.2, 0.25) is 10.0 Å². The molecule has 0 aliphatic heterocycles. The Kier molecular flexibility index (Phi) is 7.96. The number of benzene rings is 1. The number of primary sulfonamides is 1. The number of ether oxygens (including phenoxy) is 2. The summed E-state index contributed by atoms with van der Waals surface area (Å²) in [6.45, 7) is 3.06. The van der Waals surface area contributed by atoms with E-state index in [1.165, 1.54) is 17.4 Å². The maximum absolute atomic E-state index is 12.2. The van der Waals surface area contributed by atoms with Crippen molar-refractivity contribution in [3.8, 4) is 0 Å². The summed E-state index contributed by atoms with van der Waals surface area (Å²) in [5, 5.41) is 7.76. The first-order valence-electron chi connectivity index (χ1n) is 8.66. The third-order valence-corrected chi connectivity index (χ3v) is 6.14. The quantitative estimate of drug-likeness (QED) is 0.560. The summed E-state index contributed by atoms with van der Waals surface area (Å²) in [5.74, 6) is -2.28. The Morgan fingerprint density at radius 2 is 1.77 bits per heavy atom. The van der Waals surface area contributed by atoms with Crippen LogP contribution >= 0.6 is 22.9 Å². The Hall–Kier alpha value is -2.47. The molecular formula is C18H19ClN2O7S2. The molecule has 0 atom stereocenters. The Labute approximate surface area is 182 Å². The third kappa shape index (κ3) is 6.02. The number of sulfonamides is 1. The first-order chi connectivity index (χ1) is 14.1. The van der Waals surface area contributed by atoms with Crippen molar-refractivity contribution in [2.24, 2.45) is 5.14 Å². The van der Waals surface area contributed by atoms with Crippen LogP contribution in [0.3, 0.4) is 0 Å². The number of carbonyl (C=O) groups excluding carboxylic acids is 3. The van der Waals surface area contributed by atoms with E-state index in [0.29, 0.717) is 6.42 Å². The zero-order valence-corrected chi connectivity index (χ0v) is 18.4. The molecule has 1 amide bonds. The Morgan fingerprint density at radius 3 is 2.37 bits per heavy atom. The largest absolute Gasteiger partial charge is 0.462 e. The highest BCUT2D eigenvalue weighted by Gasteiger charge is 2.21. The number of amides is 1. The van der Waals surface area contributed by atoms with Crippen molar-refractivity contribution in [2.45, 2.75) is 25.2 Å². The summed E-state index contributed by atoms with van der Waals surface area (Å²) in [4.78, 5) is 37.0. The molecule has 0 unspecified atom stereocenters. The van der Waals surface area contributed by atoms with Crippen LogP contribution in [0.25, 0.3) is 0 Å². The highest BCUT2D eigenvalue weighted by molar-refractivity contribution is 7.89. The van der Waals surface area contributed by atoms with E-state index in [1.807, 2.05) is 6.92 Å². The molecule has 1 aromatic carbocycles. The Balaban J connectivity index is 2.09. The lowest BCUT2D eigenvalue weighted by Crippen LogP contribution is -2.22. The number of hydrogen-bond donors (Lipinski definition) is 2. The van der Waals surface area contributed by atoms with Crippen molar-refractivity contribution in [2.75, 3.05) is 18.5 Å². The fraction of sp³-hybridized carbons (Fsp3) is 0.278. The highest BCUT2D eigenvalue weighted by atomic mass is 35.5. The molecule has 2 rings (SSSR count). The number of hydrogen-bond acceptors (Lipinski definition) is 8. The van der Waals surface area contributed by atoms with Crippen LogP contribution in [0, 0.1) is 0 Å². The van der Waals surface area contributed by atoms with Gasteiger partial charge in [-0.15, -0.1) is 11.3 Å². The number of nitrogens with one attached hydrogen (secondary N) is 1. The second-order valence-corrected chi connectivity index (χ2v) is 8.95. The normalized spacial score (nSPS) is 11.1. The van der Waals surface area contributed by atoms with E-state index in [9.17, 15) is 22.8 Å². The topological polar surface area (TPSA) is 142 Å². The van der Waals surface area contributed by atoms with Crippen LogP contribution in [0.5, 0.6) is 0 Å². The standard InChI is InChI=1S/C18H19ClN2O7S2/c1-3-10-7-13(18(24)27-4-2)16(29-10)21-15(22)9-28-17(23)12-8-11(30(20,25)26)5-6-14(12)19/h5-8H,3-4,9H2,1-2H3,(H,21,22)(H2,20,25,26). The summed E-state index contributed by atoms with van der Waals surface area (Å²) >= 11 is 7.11. The number of anilines is 1. The van der Waals surface area contributed by atoms with Crippen LogP contribution in [-0.2, 0) is 30.7 Å². The molecule has 12 heteroatoms. The lowest BCUT2D eigenvalue weighted by atomic mass is 10.2. The van der Waals surface area contributed by atoms with Gasteiger partial charge in [-0.2, -0.15) is 0 Å². The number of rotatable bonds is 8. The predicted octanol–water partition coefficient (Wildman–Crippen LogP) is 2.58. The Morgan fingerprint density at radius 1 is 1.10 bits per heavy atom. The third-order valence-electron chi connectivity index (χ3n) is 3.70. The second kappa shape index (κ2) is 10.0. The van der Waals surface area contributed by atoms with Crippen molar-refractivity contribution in [1.82, 2.24) is 0 Å². The van der Waals surface area contributed by atoms with Crippen LogP contribution in [-0.4, -0.2) is 39.5 Å². The SMILES string of the molecule is CCOC(=O)c1cc(CC)sc1NC(=O)COC(=O)c1cc(S(N)(=O)=O)ccc1Cl. The summed E-state index contributed by atoms with van der Waals surface area (Å²) < 4.78 is 32.7. The lowest BCUT2D eigenvalue weighted by Gasteiger charge is -2.09. The zero-order valence-electron chi connectivity index (χ0n) is 16.1. The van der Waals surface area contributed by atoms with Crippen molar-refractivity contribution < 1.29 is 32.3 Å². The molecule has 162 valence electrons. The molecule has 1 aromatic heterocycles. The maximum Gasteiger partial charge on any atom is 0.341 e. The van der Waals surface area contributed by atoms with Gasteiger partial charge in [-0.25, -0.2) is 23.1 Å². The van der Waals surface area contributed by atoms with Crippen molar-refractivity contribution in [3.63, 3.8) is 0 Å². The van der Waals surface area contributed by atoms with E-state index in [2.05, 4.69) is 5.32 Å². The van der Waals surface area contributed by atoms with E-state index >= 15 is 0 Å².